The molecule has 0 spiro atoms. The molecule has 1 aromatic heterocycles. The molecule has 0 bridgehead atoms. The van der Waals surface area contributed by atoms with Crippen LogP contribution in [0.4, 0.5) is 0 Å². The fourth-order valence-electron chi connectivity index (χ4n) is 3.29. The van der Waals surface area contributed by atoms with Crippen molar-refractivity contribution in [3.8, 4) is 12.3 Å². The van der Waals surface area contributed by atoms with Gasteiger partial charge in [0.05, 0.1) is 11.8 Å². The average molecular weight is 452 g/mol. The highest BCUT2D eigenvalue weighted by atomic mass is 32.2. The third-order valence-corrected chi connectivity index (χ3v) is 5.95. The summed E-state index contributed by atoms with van der Waals surface area (Å²) in [5.74, 6) is 1.36. The van der Waals surface area contributed by atoms with E-state index in [1.165, 1.54) is 0 Å². The molecule has 0 radical (unpaired) electrons. The topological polar surface area (TPSA) is 108 Å². The summed E-state index contributed by atoms with van der Waals surface area (Å²) in [4.78, 5) is 28.9. The van der Waals surface area contributed by atoms with Crippen LogP contribution in [-0.2, 0) is 21.1 Å². The molecule has 0 aliphatic carbocycles. The van der Waals surface area contributed by atoms with E-state index < -0.39 is 33.7 Å². The number of hydrogen-bond acceptors (Lipinski definition) is 4. The van der Waals surface area contributed by atoms with E-state index in [9.17, 15) is 18.0 Å². The van der Waals surface area contributed by atoms with Gasteiger partial charge in [-0.25, -0.2) is 8.42 Å². The Kier molecular flexibility index (Phi) is 7.33. The fourth-order valence-corrected chi connectivity index (χ4v) is 3.96. The van der Waals surface area contributed by atoms with Crippen molar-refractivity contribution in [2.45, 2.75) is 24.9 Å². The molecule has 0 unspecified atom stereocenters. The van der Waals surface area contributed by atoms with Crippen molar-refractivity contribution in [1.82, 2.24) is 15.6 Å². The van der Waals surface area contributed by atoms with Gasteiger partial charge in [0.15, 0.2) is 0 Å². The van der Waals surface area contributed by atoms with Crippen LogP contribution >= 0.6 is 0 Å². The second kappa shape index (κ2) is 10.2. The molecule has 2 amide bonds. The van der Waals surface area contributed by atoms with Crippen LogP contribution in [0.5, 0.6) is 0 Å². The Hall–Kier alpha value is -3.57. The summed E-state index contributed by atoms with van der Waals surface area (Å²) in [6.07, 6.45) is 6.94. The maximum atomic E-state index is 13.0. The molecule has 2 aromatic carbocycles. The first-order valence-corrected chi connectivity index (χ1v) is 12.2. The summed E-state index contributed by atoms with van der Waals surface area (Å²) >= 11 is 0. The zero-order valence-corrected chi connectivity index (χ0v) is 18.5. The van der Waals surface area contributed by atoms with E-state index in [1.54, 1.807) is 6.07 Å². The number of sulfone groups is 1. The molecular formula is C24H25N3O4S. The minimum Gasteiger partial charge on any atom is -0.351 e. The van der Waals surface area contributed by atoms with Crippen molar-refractivity contribution in [2.24, 2.45) is 0 Å². The molecular weight excluding hydrogens is 426 g/mol. The number of rotatable bonds is 9. The molecule has 166 valence electrons. The van der Waals surface area contributed by atoms with Gasteiger partial charge in [-0.2, -0.15) is 0 Å². The zero-order chi connectivity index (χ0) is 23.1. The molecule has 0 aliphatic heterocycles. The van der Waals surface area contributed by atoms with Crippen LogP contribution in [0.2, 0.25) is 0 Å². The maximum Gasteiger partial charge on any atom is 0.268 e. The zero-order valence-electron chi connectivity index (χ0n) is 17.7. The normalized spacial score (nSPS) is 13.1. The van der Waals surface area contributed by atoms with Crippen LogP contribution in [0.3, 0.4) is 0 Å². The first-order valence-electron chi connectivity index (χ1n) is 10.1. The van der Waals surface area contributed by atoms with Crippen LogP contribution in [-0.4, -0.2) is 49.3 Å². The monoisotopic (exact) mass is 451 g/mol. The maximum absolute atomic E-state index is 13.0. The quantitative estimate of drug-likeness (QED) is 0.433. The second-order valence-electron chi connectivity index (χ2n) is 7.63. The van der Waals surface area contributed by atoms with E-state index >= 15 is 0 Å². The number of carbonyl (C=O) groups is 2. The number of H-pyrrole nitrogens is 1. The van der Waals surface area contributed by atoms with Crippen molar-refractivity contribution in [2.75, 3.05) is 12.0 Å². The lowest BCUT2D eigenvalue weighted by Crippen LogP contribution is -2.50. The Labute approximate surface area is 187 Å². The SMILES string of the molecule is C#C[C@H](CCS(C)(=O)=O)NC(=O)[C@H](Cc1ccccc1)NC(=O)c1cc2ccccc2[nH]1. The molecule has 0 saturated carbocycles. The van der Waals surface area contributed by atoms with Gasteiger partial charge in [-0.05, 0) is 24.1 Å². The summed E-state index contributed by atoms with van der Waals surface area (Å²) in [5.41, 5.74) is 2.01. The Morgan fingerprint density at radius 1 is 1.06 bits per heavy atom. The molecule has 3 aromatic rings. The van der Waals surface area contributed by atoms with E-state index in [0.717, 1.165) is 22.7 Å². The standard InChI is InChI=1S/C24H25N3O4S/c1-3-19(13-14-32(2,30)31)25-23(28)21(15-17-9-5-4-6-10-17)27-24(29)22-16-18-11-7-8-12-20(18)26-22/h1,4-12,16,19,21,26H,13-15H2,2H3,(H,25,28)(H,27,29)/t19-,21+/m1/s1. The van der Waals surface area contributed by atoms with Crippen molar-refractivity contribution < 1.29 is 18.0 Å². The van der Waals surface area contributed by atoms with Crippen molar-refractivity contribution in [3.05, 3.63) is 71.9 Å². The first kappa shape index (κ1) is 23.1. The fraction of sp³-hybridized carbons (Fsp3) is 0.250. The molecule has 1 heterocycles. The molecule has 0 saturated heterocycles. The molecule has 0 fully saturated rings. The average Bonchev–Trinajstić information content (AvgIpc) is 3.20. The molecule has 32 heavy (non-hydrogen) atoms. The van der Waals surface area contributed by atoms with Gasteiger partial charge in [0.2, 0.25) is 5.91 Å². The molecule has 3 N–H and O–H groups in total. The van der Waals surface area contributed by atoms with Gasteiger partial charge in [0.25, 0.3) is 5.91 Å². The largest absolute Gasteiger partial charge is 0.351 e. The van der Waals surface area contributed by atoms with Gasteiger partial charge in [-0.3, -0.25) is 9.59 Å². The van der Waals surface area contributed by atoms with Crippen molar-refractivity contribution in [1.29, 1.82) is 0 Å². The minimum absolute atomic E-state index is 0.0924. The lowest BCUT2D eigenvalue weighted by Gasteiger charge is -2.21. The summed E-state index contributed by atoms with van der Waals surface area (Å²) in [6.45, 7) is 0. The van der Waals surface area contributed by atoms with Crippen LogP contribution in [0.1, 0.15) is 22.5 Å². The minimum atomic E-state index is -3.22. The predicted octanol–water partition coefficient (Wildman–Crippen LogP) is 2.06. The van der Waals surface area contributed by atoms with Crippen LogP contribution in [0.25, 0.3) is 10.9 Å². The summed E-state index contributed by atoms with van der Waals surface area (Å²) in [7, 11) is -3.22. The number of para-hydroxylation sites is 1. The molecule has 2 atom stereocenters. The second-order valence-corrected chi connectivity index (χ2v) is 9.89. The number of terminal acetylenes is 1. The van der Waals surface area contributed by atoms with Crippen LogP contribution < -0.4 is 10.6 Å². The highest BCUT2D eigenvalue weighted by Crippen LogP contribution is 2.15. The van der Waals surface area contributed by atoms with Gasteiger partial charge in [-0.15, -0.1) is 6.42 Å². The lowest BCUT2D eigenvalue weighted by atomic mass is 10.0. The number of nitrogens with one attached hydrogen (secondary N) is 3. The Bertz CT molecular complexity index is 1210. The Morgan fingerprint density at radius 3 is 2.41 bits per heavy atom. The smallest absolute Gasteiger partial charge is 0.268 e. The van der Waals surface area contributed by atoms with Gasteiger partial charge in [-0.1, -0.05) is 54.5 Å². The first-order chi connectivity index (χ1) is 15.2. The summed E-state index contributed by atoms with van der Waals surface area (Å²) < 4.78 is 22.9. The van der Waals surface area contributed by atoms with Crippen molar-refractivity contribution in [3.63, 3.8) is 0 Å². The number of amides is 2. The third kappa shape index (κ3) is 6.46. The third-order valence-electron chi connectivity index (χ3n) is 4.97. The van der Waals surface area contributed by atoms with Crippen LogP contribution in [0, 0.1) is 12.3 Å². The molecule has 0 aliphatic rings. The van der Waals surface area contributed by atoms with E-state index in [2.05, 4.69) is 21.5 Å². The van der Waals surface area contributed by atoms with E-state index in [4.69, 9.17) is 6.42 Å². The van der Waals surface area contributed by atoms with Crippen LogP contribution in [0.15, 0.2) is 60.7 Å². The van der Waals surface area contributed by atoms with E-state index in [0.29, 0.717) is 5.69 Å². The van der Waals surface area contributed by atoms with Crippen molar-refractivity contribution >= 4 is 32.6 Å². The predicted molar refractivity (Wildman–Crippen MR) is 125 cm³/mol. The molecule has 7 nitrogen and oxygen atoms in total. The van der Waals surface area contributed by atoms with Gasteiger partial charge < -0.3 is 15.6 Å². The van der Waals surface area contributed by atoms with Gasteiger partial charge in [0.1, 0.15) is 21.6 Å². The van der Waals surface area contributed by atoms with Gasteiger partial charge in [0, 0.05) is 23.6 Å². The Balaban J connectivity index is 1.77. The number of fused-ring (bicyclic) bond motifs is 1. The van der Waals surface area contributed by atoms with E-state index in [1.807, 2.05) is 54.6 Å². The number of aromatic nitrogens is 1. The Morgan fingerprint density at radius 2 is 1.75 bits per heavy atom. The lowest BCUT2D eigenvalue weighted by molar-refractivity contribution is -0.123. The number of hydrogen-bond donors (Lipinski definition) is 3. The highest BCUT2D eigenvalue weighted by Gasteiger charge is 2.25. The summed E-state index contributed by atoms with van der Waals surface area (Å²) in [5, 5.41) is 6.34. The molecule has 3 rings (SSSR count). The highest BCUT2D eigenvalue weighted by molar-refractivity contribution is 7.90. The number of benzene rings is 2. The summed E-state index contributed by atoms with van der Waals surface area (Å²) in [6, 6.07) is 16.8. The molecule has 8 heteroatoms. The van der Waals surface area contributed by atoms with Gasteiger partial charge >= 0.3 is 0 Å². The van der Waals surface area contributed by atoms with E-state index in [-0.39, 0.29) is 18.6 Å². The number of aromatic amines is 1. The number of carbonyl (C=O) groups excluding carboxylic acids is 2.